The summed E-state index contributed by atoms with van der Waals surface area (Å²) in [6.45, 7) is 4.56. The second kappa shape index (κ2) is 7.77. The van der Waals surface area contributed by atoms with Crippen molar-refractivity contribution in [2.24, 2.45) is 0 Å². The average molecular weight is 415 g/mol. The van der Waals surface area contributed by atoms with Crippen LogP contribution in [0.4, 0.5) is 19.0 Å². The van der Waals surface area contributed by atoms with Gasteiger partial charge in [0.25, 0.3) is 5.82 Å². The summed E-state index contributed by atoms with van der Waals surface area (Å²) in [6.07, 6.45) is -0.199. The van der Waals surface area contributed by atoms with Gasteiger partial charge in [0.1, 0.15) is 5.82 Å². The van der Waals surface area contributed by atoms with Gasteiger partial charge in [0, 0.05) is 24.5 Å². The minimum absolute atomic E-state index is 0.0923. The molecule has 0 aliphatic heterocycles. The van der Waals surface area contributed by atoms with E-state index in [1.165, 1.54) is 5.56 Å². The third-order valence-electron chi connectivity index (χ3n) is 5.05. The van der Waals surface area contributed by atoms with Crippen molar-refractivity contribution in [3.63, 3.8) is 0 Å². The molecular formula is C20H20F3N7. The third-order valence-corrected chi connectivity index (χ3v) is 5.05. The highest BCUT2D eigenvalue weighted by atomic mass is 19.4. The van der Waals surface area contributed by atoms with Crippen LogP contribution in [0.3, 0.4) is 0 Å². The van der Waals surface area contributed by atoms with Crippen molar-refractivity contribution in [3.05, 3.63) is 71.1 Å². The standard InChI is InChI=1S/C20H20F3N7/c1-13-14(2)18-26-27-19(20(21,22)23)30(18)28-17(13)25-12-16-24-9-11-29(16)10-8-15-6-4-3-5-7-15/h3-7,9,11H,8,10,12H2,1-2H3,(H,25,28). The molecule has 0 amide bonds. The lowest BCUT2D eigenvalue weighted by atomic mass is 10.1. The van der Waals surface area contributed by atoms with Gasteiger partial charge in [-0.15, -0.1) is 15.3 Å². The average Bonchev–Trinajstić information content (AvgIpc) is 3.35. The molecule has 0 bridgehead atoms. The molecule has 30 heavy (non-hydrogen) atoms. The molecule has 0 spiro atoms. The molecule has 3 heterocycles. The van der Waals surface area contributed by atoms with Crippen molar-refractivity contribution in [3.8, 4) is 0 Å². The van der Waals surface area contributed by atoms with E-state index >= 15 is 0 Å². The van der Waals surface area contributed by atoms with E-state index in [-0.39, 0.29) is 5.65 Å². The number of anilines is 1. The van der Waals surface area contributed by atoms with Crippen LogP contribution < -0.4 is 5.32 Å². The van der Waals surface area contributed by atoms with E-state index in [4.69, 9.17) is 0 Å². The van der Waals surface area contributed by atoms with Crippen LogP contribution in [0.1, 0.15) is 28.3 Å². The van der Waals surface area contributed by atoms with Gasteiger partial charge in [-0.25, -0.2) is 4.98 Å². The lowest BCUT2D eigenvalue weighted by Crippen LogP contribution is -2.16. The molecule has 0 saturated heterocycles. The van der Waals surface area contributed by atoms with Gasteiger partial charge in [0.2, 0.25) is 0 Å². The van der Waals surface area contributed by atoms with Crippen LogP contribution in [0.5, 0.6) is 0 Å². The molecule has 1 N–H and O–H groups in total. The molecule has 7 nitrogen and oxygen atoms in total. The van der Waals surface area contributed by atoms with Crippen LogP contribution in [0.15, 0.2) is 42.7 Å². The second-order valence-corrected chi connectivity index (χ2v) is 6.98. The number of benzene rings is 1. The molecule has 4 aromatic rings. The summed E-state index contributed by atoms with van der Waals surface area (Å²) in [4.78, 5) is 4.37. The Morgan fingerprint density at radius 3 is 2.53 bits per heavy atom. The van der Waals surface area contributed by atoms with Crippen LogP contribution >= 0.6 is 0 Å². The first-order valence-corrected chi connectivity index (χ1v) is 9.42. The number of fused-ring (bicyclic) bond motifs is 1. The number of aromatic nitrogens is 6. The van der Waals surface area contributed by atoms with Crippen LogP contribution in [-0.4, -0.2) is 29.4 Å². The highest BCUT2D eigenvalue weighted by Gasteiger charge is 2.38. The Labute approximate surface area is 170 Å². The molecule has 0 aliphatic rings. The van der Waals surface area contributed by atoms with E-state index in [2.05, 4.69) is 37.7 Å². The topological polar surface area (TPSA) is 72.9 Å². The number of halogens is 3. The van der Waals surface area contributed by atoms with Crippen molar-refractivity contribution in [2.75, 3.05) is 5.32 Å². The molecule has 0 saturated carbocycles. The van der Waals surface area contributed by atoms with Gasteiger partial charge in [-0.2, -0.15) is 17.7 Å². The number of rotatable bonds is 6. The van der Waals surface area contributed by atoms with E-state index in [1.807, 2.05) is 29.0 Å². The SMILES string of the molecule is Cc1c(NCc2nccn2CCc2ccccc2)nn2c(C(F)(F)F)nnc2c1C. The van der Waals surface area contributed by atoms with E-state index in [0.29, 0.717) is 23.5 Å². The van der Waals surface area contributed by atoms with Crippen LogP contribution in [0, 0.1) is 13.8 Å². The Morgan fingerprint density at radius 2 is 1.80 bits per heavy atom. The van der Waals surface area contributed by atoms with E-state index in [1.54, 1.807) is 20.0 Å². The number of alkyl halides is 3. The highest BCUT2D eigenvalue weighted by molar-refractivity contribution is 5.58. The van der Waals surface area contributed by atoms with E-state index in [0.717, 1.165) is 23.3 Å². The smallest absolute Gasteiger partial charge is 0.361 e. The number of hydrogen-bond donors (Lipinski definition) is 1. The number of hydrogen-bond acceptors (Lipinski definition) is 5. The van der Waals surface area contributed by atoms with Gasteiger partial charge in [0.05, 0.1) is 6.54 Å². The molecule has 0 radical (unpaired) electrons. The maximum Gasteiger partial charge on any atom is 0.453 e. The maximum absolute atomic E-state index is 13.2. The van der Waals surface area contributed by atoms with Crippen molar-refractivity contribution >= 4 is 11.5 Å². The maximum atomic E-state index is 13.2. The Hall–Kier alpha value is -3.43. The Kier molecular flexibility index (Phi) is 5.15. The highest BCUT2D eigenvalue weighted by Crippen LogP contribution is 2.29. The van der Waals surface area contributed by atoms with Crippen LogP contribution in [-0.2, 0) is 25.7 Å². The fraction of sp³-hybridized carbons (Fsp3) is 0.300. The molecule has 3 aromatic heterocycles. The first-order valence-electron chi connectivity index (χ1n) is 9.42. The largest absolute Gasteiger partial charge is 0.453 e. The zero-order valence-electron chi connectivity index (χ0n) is 16.5. The molecular weight excluding hydrogens is 395 g/mol. The van der Waals surface area contributed by atoms with E-state index in [9.17, 15) is 13.2 Å². The van der Waals surface area contributed by atoms with Gasteiger partial charge < -0.3 is 9.88 Å². The Bertz CT molecular complexity index is 1160. The van der Waals surface area contributed by atoms with Crippen molar-refractivity contribution in [2.45, 2.75) is 39.5 Å². The van der Waals surface area contributed by atoms with Crippen molar-refractivity contribution < 1.29 is 13.2 Å². The fourth-order valence-corrected chi connectivity index (χ4v) is 3.24. The van der Waals surface area contributed by atoms with Gasteiger partial charge in [-0.3, -0.25) is 0 Å². The summed E-state index contributed by atoms with van der Waals surface area (Å²) in [5.41, 5.74) is 2.61. The zero-order valence-corrected chi connectivity index (χ0v) is 16.5. The summed E-state index contributed by atoms with van der Waals surface area (Å²) >= 11 is 0. The molecule has 0 unspecified atom stereocenters. The monoisotopic (exact) mass is 415 g/mol. The molecule has 0 atom stereocenters. The van der Waals surface area contributed by atoms with Gasteiger partial charge in [-0.1, -0.05) is 30.3 Å². The summed E-state index contributed by atoms with van der Waals surface area (Å²) in [7, 11) is 0. The third kappa shape index (κ3) is 3.85. The molecule has 156 valence electrons. The summed E-state index contributed by atoms with van der Waals surface area (Å²) in [6, 6.07) is 10.1. The number of nitrogens with one attached hydrogen (secondary N) is 1. The minimum Gasteiger partial charge on any atom is -0.361 e. The molecule has 1 aromatic carbocycles. The zero-order chi connectivity index (χ0) is 21.3. The fourth-order valence-electron chi connectivity index (χ4n) is 3.24. The number of aryl methyl sites for hydroxylation is 3. The summed E-state index contributed by atoms with van der Waals surface area (Å²) in [5, 5.41) is 14.1. The normalized spacial score (nSPS) is 11.9. The van der Waals surface area contributed by atoms with Crippen LogP contribution in [0.2, 0.25) is 0 Å². The summed E-state index contributed by atoms with van der Waals surface area (Å²) in [5.74, 6) is -0.0411. The van der Waals surface area contributed by atoms with E-state index < -0.39 is 12.0 Å². The molecule has 10 heteroatoms. The van der Waals surface area contributed by atoms with Gasteiger partial charge in [0.15, 0.2) is 11.5 Å². The quantitative estimate of drug-likeness (QED) is 0.519. The minimum atomic E-state index is -4.64. The first-order chi connectivity index (χ1) is 14.3. The van der Waals surface area contributed by atoms with Crippen molar-refractivity contribution in [1.29, 1.82) is 0 Å². The predicted molar refractivity (Wildman–Crippen MR) is 105 cm³/mol. The molecule has 0 fully saturated rings. The lowest BCUT2D eigenvalue weighted by Gasteiger charge is -2.13. The second-order valence-electron chi connectivity index (χ2n) is 6.98. The first kappa shape index (κ1) is 19.9. The van der Waals surface area contributed by atoms with Crippen molar-refractivity contribution in [1.82, 2.24) is 29.4 Å². The van der Waals surface area contributed by atoms with Gasteiger partial charge in [-0.05, 0) is 31.4 Å². The number of nitrogens with zero attached hydrogens (tertiary/aromatic N) is 6. The predicted octanol–water partition coefficient (Wildman–Crippen LogP) is 3.81. The Balaban J connectivity index is 1.54. The van der Waals surface area contributed by atoms with Crippen LogP contribution in [0.25, 0.3) is 5.65 Å². The van der Waals surface area contributed by atoms with Gasteiger partial charge >= 0.3 is 6.18 Å². The summed E-state index contributed by atoms with van der Waals surface area (Å²) < 4.78 is 42.4. The molecule has 4 rings (SSSR count). The lowest BCUT2D eigenvalue weighted by molar-refractivity contribution is -0.146. The Morgan fingerprint density at radius 1 is 1.03 bits per heavy atom. The number of imidazole rings is 1. The molecule has 0 aliphatic carbocycles.